The molecule has 6 nitrogen and oxygen atoms in total. The highest BCUT2D eigenvalue weighted by Gasteiger charge is 2.33. The molecular formula is C8H10N2O4. The Balaban J connectivity index is 3.33. The van der Waals surface area contributed by atoms with Crippen LogP contribution in [0.15, 0.2) is 17.1 Å². The standard InChI is InChI=1S/C8H10N2O4/c1-8(9,7(13)14)4-3-10-6(12)2-5(4)11/h2-3H,9H2,1H3,(H,13,14)(H2,10,11,12)/t8-/m0/s1. The number of H-pyrrole nitrogens is 1. The van der Waals surface area contributed by atoms with Crippen LogP contribution in [-0.4, -0.2) is 21.2 Å². The Labute approximate surface area is 79.0 Å². The van der Waals surface area contributed by atoms with Gasteiger partial charge < -0.3 is 20.9 Å². The van der Waals surface area contributed by atoms with Crippen LogP contribution in [0.2, 0.25) is 0 Å². The van der Waals surface area contributed by atoms with Gasteiger partial charge >= 0.3 is 5.97 Å². The van der Waals surface area contributed by atoms with Gasteiger partial charge in [-0.15, -0.1) is 0 Å². The van der Waals surface area contributed by atoms with Gasteiger partial charge in [-0.1, -0.05) is 0 Å². The second kappa shape index (κ2) is 3.15. The molecule has 0 bridgehead atoms. The van der Waals surface area contributed by atoms with Crippen LogP contribution >= 0.6 is 0 Å². The van der Waals surface area contributed by atoms with Crippen LogP contribution in [0.4, 0.5) is 0 Å². The zero-order valence-corrected chi connectivity index (χ0v) is 7.44. The summed E-state index contributed by atoms with van der Waals surface area (Å²) in [5.41, 5.74) is 3.16. The number of hydrogen-bond donors (Lipinski definition) is 4. The zero-order chi connectivity index (χ0) is 10.9. The van der Waals surface area contributed by atoms with E-state index in [9.17, 15) is 14.7 Å². The van der Waals surface area contributed by atoms with E-state index in [2.05, 4.69) is 4.98 Å². The topological polar surface area (TPSA) is 116 Å². The van der Waals surface area contributed by atoms with Crippen molar-refractivity contribution in [3.8, 4) is 5.75 Å². The van der Waals surface area contributed by atoms with Gasteiger partial charge in [0.1, 0.15) is 11.3 Å². The summed E-state index contributed by atoms with van der Waals surface area (Å²) >= 11 is 0. The highest BCUT2D eigenvalue weighted by Crippen LogP contribution is 2.24. The number of aromatic amines is 1. The second-order valence-corrected chi connectivity index (χ2v) is 3.10. The molecule has 14 heavy (non-hydrogen) atoms. The Morgan fingerprint density at radius 3 is 2.64 bits per heavy atom. The van der Waals surface area contributed by atoms with E-state index in [-0.39, 0.29) is 5.56 Å². The summed E-state index contributed by atoms with van der Waals surface area (Å²) in [6.45, 7) is 1.22. The van der Waals surface area contributed by atoms with Crippen molar-refractivity contribution in [2.24, 2.45) is 5.73 Å². The Morgan fingerprint density at radius 2 is 2.21 bits per heavy atom. The van der Waals surface area contributed by atoms with Crippen LogP contribution in [0.1, 0.15) is 12.5 Å². The maximum atomic E-state index is 10.7. The van der Waals surface area contributed by atoms with E-state index in [1.807, 2.05) is 0 Å². The van der Waals surface area contributed by atoms with E-state index in [0.29, 0.717) is 0 Å². The number of carbonyl (C=O) groups is 1. The van der Waals surface area contributed by atoms with Crippen molar-refractivity contribution in [2.75, 3.05) is 0 Å². The molecule has 0 amide bonds. The molecule has 0 saturated heterocycles. The molecule has 76 valence electrons. The normalized spacial score (nSPS) is 14.7. The highest BCUT2D eigenvalue weighted by atomic mass is 16.4. The van der Waals surface area contributed by atoms with Crippen LogP contribution in [0.3, 0.4) is 0 Å². The average Bonchev–Trinajstić information content (AvgIpc) is 2.02. The molecule has 0 spiro atoms. The minimum atomic E-state index is -1.73. The van der Waals surface area contributed by atoms with Crippen molar-refractivity contribution in [1.29, 1.82) is 0 Å². The summed E-state index contributed by atoms with van der Waals surface area (Å²) in [4.78, 5) is 23.7. The monoisotopic (exact) mass is 198 g/mol. The zero-order valence-electron chi connectivity index (χ0n) is 7.44. The lowest BCUT2D eigenvalue weighted by molar-refractivity contribution is -0.143. The first kappa shape index (κ1) is 10.3. The molecule has 0 saturated carbocycles. The Bertz CT molecular complexity index is 422. The Hall–Kier alpha value is -1.82. The molecule has 1 aromatic rings. The average molecular weight is 198 g/mol. The van der Waals surface area contributed by atoms with Crippen molar-refractivity contribution >= 4 is 5.97 Å². The summed E-state index contributed by atoms with van der Waals surface area (Å²) in [5, 5.41) is 18.1. The Morgan fingerprint density at radius 1 is 1.64 bits per heavy atom. The van der Waals surface area contributed by atoms with Crippen LogP contribution < -0.4 is 11.3 Å². The first-order chi connectivity index (χ1) is 6.35. The second-order valence-electron chi connectivity index (χ2n) is 3.10. The van der Waals surface area contributed by atoms with Gasteiger partial charge in [0.25, 0.3) is 5.56 Å². The fourth-order valence-electron chi connectivity index (χ4n) is 0.992. The van der Waals surface area contributed by atoms with Crippen molar-refractivity contribution in [3.05, 3.63) is 28.2 Å². The van der Waals surface area contributed by atoms with Gasteiger partial charge in [-0.2, -0.15) is 0 Å². The Kier molecular flexibility index (Phi) is 2.31. The number of aliphatic carboxylic acids is 1. The minimum Gasteiger partial charge on any atom is -0.507 e. The third-order valence-corrected chi connectivity index (χ3v) is 1.91. The number of pyridine rings is 1. The molecular weight excluding hydrogens is 188 g/mol. The minimum absolute atomic E-state index is 0.0374. The summed E-state index contributed by atoms with van der Waals surface area (Å²) in [6, 6.07) is 0.878. The molecule has 0 aliphatic heterocycles. The molecule has 1 aromatic heterocycles. The van der Waals surface area contributed by atoms with Crippen molar-refractivity contribution in [1.82, 2.24) is 4.98 Å². The number of nitrogens with one attached hydrogen (secondary N) is 1. The van der Waals surface area contributed by atoms with Crippen molar-refractivity contribution < 1.29 is 15.0 Å². The molecule has 1 atom stereocenters. The van der Waals surface area contributed by atoms with Gasteiger partial charge in [0.2, 0.25) is 0 Å². The molecule has 5 N–H and O–H groups in total. The fourth-order valence-corrected chi connectivity index (χ4v) is 0.992. The molecule has 0 aromatic carbocycles. The predicted molar refractivity (Wildman–Crippen MR) is 47.9 cm³/mol. The maximum absolute atomic E-state index is 10.7. The molecule has 0 fully saturated rings. The number of carboxylic acid groups (broad SMARTS) is 1. The lowest BCUT2D eigenvalue weighted by atomic mass is 9.94. The molecule has 6 heteroatoms. The number of carboxylic acids is 1. The van der Waals surface area contributed by atoms with Gasteiger partial charge in [-0.05, 0) is 6.92 Å². The summed E-state index contributed by atoms with van der Waals surface area (Å²) in [6.07, 6.45) is 1.09. The molecule has 0 radical (unpaired) electrons. The molecule has 0 aliphatic carbocycles. The first-order valence-electron chi connectivity index (χ1n) is 3.80. The third kappa shape index (κ3) is 1.60. The molecule has 1 heterocycles. The quantitative estimate of drug-likeness (QED) is 0.503. The van der Waals surface area contributed by atoms with Gasteiger partial charge in [-0.3, -0.25) is 4.79 Å². The van der Waals surface area contributed by atoms with E-state index < -0.39 is 22.8 Å². The van der Waals surface area contributed by atoms with Crippen LogP contribution in [0.5, 0.6) is 5.75 Å². The first-order valence-corrected chi connectivity index (χ1v) is 3.80. The fraction of sp³-hybridized carbons (Fsp3) is 0.250. The summed E-state index contributed by atoms with van der Waals surface area (Å²) < 4.78 is 0. The largest absolute Gasteiger partial charge is 0.507 e. The smallest absolute Gasteiger partial charge is 0.328 e. The number of aromatic hydroxyl groups is 1. The SMILES string of the molecule is C[C@@](N)(C(=O)O)c1c[nH]c(=O)cc1O. The summed E-state index contributed by atoms with van der Waals surface area (Å²) in [7, 11) is 0. The summed E-state index contributed by atoms with van der Waals surface area (Å²) in [5.74, 6) is -1.72. The number of hydrogen-bond acceptors (Lipinski definition) is 4. The number of nitrogens with two attached hydrogens (primary N) is 1. The predicted octanol–water partition coefficient (Wildman–Crippen LogP) is -0.661. The van der Waals surface area contributed by atoms with E-state index in [1.165, 1.54) is 6.92 Å². The van der Waals surface area contributed by atoms with Crippen molar-refractivity contribution in [3.63, 3.8) is 0 Å². The maximum Gasteiger partial charge on any atom is 0.328 e. The van der Waals surface area contributed by atoms with Crippen LogP contribution in [0.25, 0.3) is 0 Å². The van der Waals surface area contributed by atoms with Crippen LogP contribution in [0, 0.1) is 0 Å². The highest BCUT2D eigenvalue weighted by molar-refractivity contribution is 5.80. The van der Waals surface area contributed by atoms with Crippen LogP contribution in [-0.2, 0) is 10.3 Å². The lowest BCUT2D eigenvalue weighted by Gasteiger charge is -2.19. The van der Waals surface area contributed by atoms with Crippen molar-refractivity contribution in [2.45, 2.75) is 12.5 Å². The molecule has 1 rings (SSSR count). The number of rotatable bonds is 2. The van der Waals surface area contributed by atoms with Gasteiger partial charge in [0.05, 0.1) is 0 Å². The number of aromatic nitrogens is 1. The van der Waals surface area contributed by atoms with E-state index >= 15 is 0 Å². The van der Waals surface area contributed by atoms with Gasteiger partial charge in [-0.25, -0.2) is 4.79 Å². The van der Waals surface area contributed by atoms with E-state index in [4.69, 9.17) is 10.8 Å². The third-order valence-electron chi connectivity index (χ3n) is 1.91. The van der Waals surface area contributed by atoms with Gasteiger partial charge in [0, 0.05) is 17.8 Å². The van der Waals surface area contributed by atoms with E-state index in [1.54, 1.807) is 0 Å². The lowest BCUT2D eigenvalue weighted by Crippen LogP contribution is -2.42. The van der Waals surface area contributed by atoms with Gasteiger partial charge in [0.15, 0.2) is 0 Å². The molecule has 0 unspecified atom stereocenters. The van der Waals surface area contributed by atoms with E-state index in [0.717, 1.165) is 12.3 Å². The molecule has 0 aliphatic rings.